The van der Waals surface area contributed by atoms with Gasteiger partial charge >= 0.3 is 0 Å². The number of fused-ring (bicyclic) bond motifs is 10. The summed E-state index contributed by atoms with van der Waals surface area (Å²) < 4.78 is 0. The van der Waals surface area contributed by atoms with Crippen molar-refractivity contribution in [2.75, 3.05) is 0 Å². The summed E-state index contributed by atoms with van der Waals surface area (Å²) in [5.74, 6) is 10.1. The summed E-state index contributed by atoms with van der Waals surface area (Å²) in [7, 11) is 0. The molecule has 6 aliphatic rings. The van der Waals surface area contributed by atoms with Crippen LogP contribution in [0.2, 0.25) is 0 Å². The second-order valence-electron chi connectivity index (χ2n) is 11.4. The van der Waals surface area contributed by atoms with Crippen molar-refractivity contribution in [2.45, 2.75) is 76.0 Å². The normalized spacial score (nSPS) is 51.9. The molecule has 6 aliphatic carbocycles. The monoisotopic (exact) mass is 362 g/mol. The maximum absolute atomic E-state index is 10.6. The van der Waals surface area contributed by atoms with Gasteiger partial charge in [-0.15, -0.1) is 0 Å². The number of phenols is 1. The van der Waals surface area contributed by atoms with E-state index in [2.05, 4.69) is 18.2 Å². The fourth-order valence-electron chi connectivity index (χ4n) is 9.99. The lowest BCUT2D eigenvalue weighted by molar-refractivity contribution is 0.228. The van der Waals surface area contributed by atoms with Gasteiger partial charge in [0.05, 0.1) is 0 Å². The SMILES string of the molecule is Oc1cc(C2CC3CC2C2CCCC32)cc(C2CC3CC2C2CCCC32)c1. The summed E-state index contributed by atoms with van der Waals surface area (Å²) in [6.07, 6.45) is 14.8. The molecule has 10 atom stereocenters. The summed E-state index contributed by atoms with van der Waals surface area (Å²) in [6.45, 7) is 0. The molecule has 10 unspecified atom stereocenters. The van der Waals surface area contributed by atoms with Gasteiger partial charge in [-0.2, -0.15) is 0 Å². The van der Waals surface area contributed by atoms with Gasteiger partial charge in [-0.3, -0.25) is 0 Å². The Bertz CT molecular complexity index is 707. The average Bonchev–Trinajstić information content (AvgIpc) is 3.49. The van der Waals surface area contributed by atoms with E-state index in [0.717, 1.165) is 59.2 Å². The van der Waals surface area contributed by atoms with E-state index in [1.54, 1.807) is 0 Å². The second-order valence-corrected chi connectivity index (χ2v) is 11.4. The number of benzene rings is 1. The zero-order valence-corrected chi connectivity index (χ0v) is 16.5. The highest BCUT2D eigenvalue weighted by molar-refractivity contribution is 5.40. The molecule has 6 saturated carbocycles. The standard InChI is InChI=1S/C26H34O/c27-18-8-14(23-10-16-12-25(23)21-5-1-3-19(16)21)7-15(9-18)24-11-17-13-26(24)22-6-2-4-20(17)22/h7-9,16-17,19-27H,1-6,10-13H2. The largest absolute Gasteiger partial charge is 0.508 e. The van der Waals surface area contributed by atoms with Gasteiger partial charge < -0.3 is 5.11 Å². The van der Waals surface area contributed by atoms with Crippen molar-refractivity contribution in [3.05, 3.63) is 29.3 Å². The first-order valence-corrected chi connectivity index (χ1v) is 12.1. The lowest BCUT2D eigenvalue weighted by Gasteiger charge is -2.34. The number of rotatable bonds is 2. The Hall–Kier alpha value is -0.980. The highest BCUT2D eigenvalue weighted by Gasteiger charge is 2.55. The van der Waals surface area contributed by atoms with Crippen molar-refractivity contribution in [1.29, 1.82) is 0 Å². The van der Waals surface area contributed by atoms with Crippen LogP contribution in [0.1, 0.15) is 87.2 Å². The van der Waals surface area contributed by atoms with E-state index in [0.29, 0.717) is 5.75 Å². The first-order chi connectivity index (χ1) is 13.3. The van der Waals surface area contributed by atoms with Crippen LogP contribution in [-0.2, 0) is 0 Å². The molecular formula is C26H34O. The molecule has 1 heteroatoms. The Labute approximate surface area is 163 Å². The zero-order chi connectivity index (χ0) is 17.7. The van der Waals surface area contributed by atoms with Crippen LogP contribution >= 0.6 is 0 Å². The topological polar surface area (TPSA) is 20.2 Å². The number of hydrogen-bond acceptors (Lipinski definition) is 1. The summed E-state index contributed by atoms with van der Waals surface area (Å²) in [6, 6.07) is 6.86. The van der Waals surface area contributed by atoms with Gasteiger partial charge in [-0.25, -0.2) is 0 Å². The molecule has 0 radical (unpaired) electrons. The van der Waals surface area contributed by atoms with Crippen LogP contribution < -0.4 is 0 Å². The van der Waals surface area contributed by atoms with Gasteiger partial charge in [0, 0.05) is 0 Å². The lowest BCUT2D eigenvalue weighted by Crippen LogP contribution is -2.24. The maximum atomic E-state index is 10.6. The van der Waals surface area contributed by atoms with Gasteiger partial charge in [0.2, 0.25) is 0 Å². The van der Waals surface area contributed by atoms with Crippen LogP contribution in [0.25, 0.3) is 0 Å². The van der Waals surface area contributed by atoms with Crippen molar-refractivity contribution in [2.24, 2.45) is 47.3 Å². The van der Waals surface area contributed by atoms with Crippen LogP contribution in [0.15, 0.2) is 18.2 Å². The lowest BCUT2D eigenvalue weighted by atomic mass is 9.71. The Morgan fingerprint density at radius 2 is 1.04 bits per heavy atom. The van der Waals surface area contributed by atoms with E-state index >= 15 is 0 Å². The summed E-state index contributed by atoms with van der Waals surface area (Å²) in [4.78, 5) is 0. The quantitative estimate of drug-likeness (QED) is 0.639. The highest BCUT2D eigenvalue weighted by atomic mass is 16.3. The zero-order valence-electron chi connectivity index (χ0n) is 16.5. The number of phenolic OH excluding ortho intramolecular Hbond substituents is 1. The predicted octanol–water partition coefficient (Wildman–Crippen LogP) is 6.47. The minimum absolute atomic E-state index is 0.555. The maximum Gasteiger partial charge on any atom is 0.116 e. The van der Waals surface area contributed by atoms with Crippen molar-refractivity contribution >= 4 is 0 Å². The van der Waals surface area contributed by atoms with Crippen LogP contribution in [-0.4, -0.2) is 5.11 Å². The molecule has 0 heterocycles. The Kier molecular flexibility index (Phi) is 3.26. The molecule has 0 aromatic heterocycles. The molecule has 1 N–H and O–H groups in total. The molecule has 27 heavy (non-hydrogen) atoms. The van der Waals surface area contributed by atoms with E-state index in [1.807, 2.05) is 0 Å². The molecule has 4 bridgehead atoms. The molecule has 144 valence electrons. The molecule has 0 saturated heterocycles. The minimum Gasteiger partial charge on any atom is -0.508 e. The van der Waals surface area contributed by atoms with E-state index in [1.165, 1.54) is 75.3 Å². The number of aromatic hydroxyl groups is 1. The van der Waals surface area contributed by atoms with Crippen molar-refractivity contribution in [3.63, 3.8) is 0 Å². The summed E-state index contributed by atoms with van der Waals surface area (Å²) in [5.41, 5.74) is 3.02. The Morgan fingerprint density at radius 3 is 1.56 bits per heavy atom. The van der Waals surface area contributed by atoms with E-state index < -0.39 is 0 Å². The van der Waals surface area contributed by atoms with E-state index in [-0.39, 0.29) is 0 Å². The van der Waals surface area contributed by atoms with Gasteiger partial charge in [0.15, 0.2) is 0 Å². The van der Waals surface area contributed by atoms with Gasteiger partial charge in [0.1, 0.15) is 5.75 Å². The van der Waals surface area contributed by atoms with Gasteiger partial charge in [-0.1, -0.05) is 18.9 Å². The van der Waals surface area contributed by atoms with Crippen LogP contribution in [0.4, 0.5) is 0 Å². The van der Waals surface area contributed by atoms with Crippen molar-refractivity contribution in [1.82, 2.24) is 0 Å². The molecule has 0 spiro atoms. The molecule has 7 rings (SSSR count). The van der Waals surface area contributed by atoms with Crippen LogP contribution in [0, 0.1) is 47.3 Å². The first-order valence-electron chi connectivity index (χ1n) is 12.1. The van der Waals surface area contributed by atoms with Crippen LogP contribution in [0.3, 0.4) is 0 Å². The highest BCUT2D eigenvalue weighted by Crippen LogP contribution is 2.65. The third-order valence-corrected chi connectivity index (χ3v) is 10.7. The van der Waals surface area contributed by atoms with Crippen LogP contribution in [0.5, 0.6) is 5.75 Å². The fraction of sp³-hybridized carbons (Fsp3) is 0.769. The Morgan fingerprint density at radius 1 is 0.556 bits per heavy atom. The number of hydrogen-bond donors (Lipinski definition) is 1. The molecule has 1 aromatic rings. The minimum atomic E-state index is 0.555. The summed E-state index contributed by atoms with van der Waals surface area (Å²) >= 11 is 0. The second kappa shape index (κ2) is 5.55. The predicted molar refractivity (Wildman–Crippen MR) is 108 cm³/mol. The summed E-state index contributed by atoms with van der Waals surface area (Å²) in [5, 5.41) is 10.6. The van der Waals surface area contributed by atoms with Gasteiger partial charge in [0.25, 0.3) is 0 Å². The third-order valence-electron chi connectivity index (χ3n) is 10.7. The fourth-order valence-corrected chi connectivity index (χ4v) is 9.99. The molecular weight excluding hydrogens is 328 g/mol. The van der Waals surface area contributed by atoms with E-state index in [4.69, 9.17) is 0 Å². The molecule has 1 nitrogen and oxygen atoms in total. The molecule has 1 aromatic carbocycles. The van der Waals surface area contributed by atoms with Gasteiger partial charge in [-0.05, 0) is 134 Å². The Balaban J connectivity index is 1.20. The third kappa shape index (κ3) is 2.12. The first kappa shape index (κ1) is 15.9. The molecule has 0 amide bonds. The van der Waals surface area contributed by atoms with Crippen molar-refractivity contribution in [3.8, 4) is 5.75 Å². The average molecular weight is 363 g/mol. The van der Waals surface area contributed by atoms with Crippen molar-refractivity contribution < 1.29 is 5.11 Å². The molecule has 0 aliphatic heterocycles. The van der Waals surface area contributed by atoms with E-state index in [9.17, 15) is 5.11 Å². The smallest absolute Gasteiger partial charge is 0.116 e. The molecule has 6 fully saturated rings.